The predicted octanol–water partition coefficient (Wildman–Crippen LogP) is 6.89. The van der Waals surface area contributed by atoms with E-state index in [2.05, 4.69) is 24.5 Å². The maximum Gasteiger partial charge on any atom is 0.408 e. The Balaban J connectivity index is 2.54. The second-order valence-electron chi connectivity index (χ2n) is 12.0. The molecule has 2 aromatic rings. The number of nitrogens with one attached hydrogen (secondary N) is 2. The van der Waals surface area contributed by atoms with Gasteiger partial charge >= 0.3 is 6.09 Å². The van der Waals surface area contributed by atoms with Gasteiger partial charge in [-0.15, -0.1) is 0 Å². The van der Waals surface area contributed by atoms with E-state index in [1.807, 2.05) is 68.4 Å². The summed E-state index contributed by atoms with van der Waals surface area (Å²) in [4.78, 5) is 43.0. The van der Waals surface area contributed by atoms with Crippen molar-refractivity contribution in [2.45, 2.75) is 117 Å². The minimum Gasteiger partial charge on any atom is -0.444 e. The van der Waals surface area contributed by atoms with Crippen LogP contribution in [0.5, 0.6) is 0 Å². The Morgan fingerprint density at radius 2 is 1.54 bits per heavy atom. The van der Waals surface area contributed by atoms with Crippen molar-refractivity contribution in [2.75, 3.05) is 6.54 Å². The highest BCUT2D eigenvalue weighted by molar-refractivity contribution is 5.92. The molecule has 41 heavy (non-hydrogen) atoms. The molecule has 3 unspecified atom stereocenters. The summed E-state index contributed by atoms with van der Waals surface area (Å²) in [6.07, 6.45) is 5.19. The minimum absolute atomic E-state index is 0.0301. The van der Waals surface area contributed by atoms with E-state index < -0.39 is 23.8 Å². The number of amides is 3. The fourth-order valence-electron chi connectivity index (χ4n) is 4.82. The third-order valence-corrected chi connectivity index (χ3v) is 6.87. The number of rotatable bonds is 15. The fourth-order valence-corrected chi connectivity index (χ4v) is 4.82. The van der Waals surface area contributed by atoms with Crippen LogP contribution < -0.4 is 10.6 Å². The van der Waals surface area contributed by atoms with Crippen LogP contribution in [-0.4, -0.2) is 47.0 Å². The number of ether oxygens (including phenoxy) is 1. The van der Waals surface area contributed by atoms with E-state index >= 15 is 0 Å². The van der Waals surface area contributed by atoms with Crippen LogP contribution >= 0.6 is 0 Å². The van der Waals surface area contributed by atoms with E-state index in [-0.39, 0.29) is 24.3 Å². The average Bonchev–Trinajstić information content (AvgIpc) is 2.90. The van der Waals surface area contributed by atoms with Crippen molar-refractivity contribution in [1.29, 1.82) is 0 Å². The van der Waals surface area contributed by atoms with Crippen molar-refractivity contribution in [3.63, 3.8) is 0 Å². The maximum atomic E-state index is 14.5. The monoisotopic (exact) mass is 565 g/mol. The summed E-state index contributed by atoms with van der Waals surface area (Å²) in [5.41, 5.74) is 2.00. The number of hydrogen-bond acceptors (Lipinski definition) is 4. The lowest BCUT2D eigenvalue weighted by Gasteiger charge is -2.35. The number of carbonyl (C=O) groups is 3. The highest BCUT2D eigenvalue weighted by Crippen LogP contribution is 2.25. The molecule has 0 bridgehead atoms. The zero-order valence-electron chi connectivity index (χ0n) is 26.2. The molecule has 7 nitrogen and oxygen atoms in total. The van der Waals surface area contributed by atoms with Gasteiger partial charge in [-0.2, -0.15) is 0 Å². The number of nitrogens with zero attached hydrogens (tertiary/aromatic N) is 1. The molecule has 0 spiro atoms. The van der Waals surface area contributed by atoms with Crippen LogP contribution in [0.2, 0.25) is 0 Å². The van der Waals surface area contributed by atoms with Crippen LogP contribution in [0, 0.1) is 6.92 Å². The van der Waals surface area contributed by atoms with Crippen LogP contribution in [0.1, 0.15) is 103 Å². The number of alkyl carbamates (subject to hydrolysis) is 1. The lowest BCUT2D eigenvalue weighted by Crippen LogP contribution is -2.54. The largest absolute Gasteiger partial charge is 0.444 e. The molecule has 0 aromatic heterocycles. The highest BCUT2D eigenvalue weighted by Gasteiger charge is 2.36. The molecule has 3 atom stereocenters. The number of aryl methyl sites for hydroxylation is 1. The van der Waals surface area contributed by atoms with Crippen molar-refractivity contribution >= 4 is 17.9 Å². The van der Waals surface area contributed by atoms with E-state index in [1.165, 1.54) is 0 Å². The van der Waals surface area contributed by atoms with Gasteiger partial charge < -0.3 is 20.3 Å². The van der Waals surface area contributed by atoms with E-state index in [0.717, 1.165) is 55.2 Å². The van der Waals surface area contributed by atoms with Crippen LogP contribution in [-0.2, 0) is 20.7 Å². The molecule has 2 aromatic carbocycles. The third kappa shape index (κ3) is 12.0. The van der Waals surface area contributed by atoms with Gasteiger partial charge in [0.15, 0.2) is 0 Å². The van der Waals surface area contributed by atoms with E-state index in [1.54, 1.807) is 25.7 Å². The third-order valence-electron chi connectivity index (χ3n) is 6.87. The number of unbranched alkanes of at least 4 members (excludes halogenated alkanes) is 3. The zero-order chi connectivity index (χ0) is 30.4. The molecular formula is C34H51N3O4. The van der Waals surface area contributed by atoms with Crippen molar-refractivity contribution in [1.82, 2.24) is 15.5 Å². The summed E-state index contributed by atoms with van der Waals surface area (Å²) in [7, 11) is 0. The van der Waals surface area contributed by atoms with Crippen molar-refractivity contribution in [3.05, 3.63) is 71.3 Å². The molecule has 0 aliphatic carbocycles. The normalized spacial score (nSPS) is 13.5. The van der Waals surface area contributed by atoms with E-state index in [4.69, 9.17) is 4.74 Å². The van der Waals surface area contributed by atoms with Gasteiger partial charge in [0.1, 0.15) is 17.7 Å². The molecule has 226 valence electrons. The summed E-state index contributed by atoms with van der Waals surface area (Å²) < 4.78 is 5.53. The number of benzene rings is 2. The van der Waals surface area contributed by atoms with Crippen LogP contribution in [0.25, 0.3) is 0 Å². The minimum atomic E-state index is -0.910. The quantitative estimate of drug-likeness (QED) is 0.230. The van der Waals surface area contributed by atoms with Gasteiger partial charge in [0.25, 0.3) is 0 Å². The summed E-state index contributed by atoms with van der Waals surface area (Å²) >= 11 is 0. The molecule has 0 aliphatic heterocycles. The fraction of sp³-hybridized carbons (Fsp3) is 0.559. The number of carbonyl (C=O) groups excluding carboxylic acids is 3. The summed E-state index contributed by atoms with van der Waals surface area (Å²) in [5, 5.41) is 5.98. The van der Waals surface area contributed by atoms with Gasteiger partial charge in [-0.05, 0) is 58.6 Å². The Bertz CT molecular complexity index is 1080. The summed E-state index contributed by atoms with van der Waals surface area (Å²) in [6, 6.07) is 15.6. The van der Waals surface area contributed by atoms with E-state index in [9.17, 15) is 14.4 Å². The molecular weight excluding hydrogens is 514 g/mol. The van der Waals surface area contributed by atoms with Gasteiger partial charge in [0, 0.05) is 19.0 Å². The Morgan fingerprint density at radius 1 is 0.878 bits per heavy atom. The molecule has 0 saturated heterocycles. The van der Waals surface area contributed by atoms with Crippen molar-refractivity contribution < 1.29 is 19.1 Å². The highest BCUT2D eigenvalue weighted by atomic mass is 16.6. The molecule has 7 heteroatoms. The first kappa shape index (κ1) is 33.9. The zero-order valence-corrected chi connectivity index (χ0v) is 26.2. The molecule has 2 N–H and O–H groups in total. The molecule has 3 amide bonds. The summed E-state index contributed by atoms with van der Waals surface area (Å²) in [6.45, 7) is 14.0. The molecule has 0 heterocycles. The summed E-state index contributed by atoms with van der Waals surface area (Å²) in [5.74, 6) is -0.519. The van der Waals surface area contributed by atoms with Crippen LogP contribution in [0.3, 0.4) is 0 Å². The van der Waals surface area contributed by atoms with Gasteiger partial charge in [-0.3, -0.25) is 9.59 Å². The van der Waals surface area contributed by atoms with Crippen LogP contribution in [0.4, 0.5) is 4.79 Å². The first-order chi connectivity index (χ1) is 19.4. The lowest BCUT2D eigenvalue weighted by atomic mass is 9.98. The number of hydrogen-bond donors (Lipinski definition) is 2. The van der Waals surface area contributed by atoms with Gasteiger partial charge in [-0.1, -0.05) is 99.7 Å². The molecule has 0 radical (unpaired) electrons. The Hall–Kier alpha value is -3.35. The predicted molar refractivity (Wildman–Crippen MR) is 166 cm³/mol. The average molecular weight is 566 g/mol. The smallest absolute Gasteiger partial charge is 0.408 e. The SMILES string of the molecule is CCCCCCN(C(=O)C(Cc1ccccc1)NC(=O)OC(C)(C)C)C(C(=O)NC(C)CCC)c1ccc(C)cc1. The standard InChI is InChI=1S/C34H51N3O4/c1-8-10-11-15-23-37(30(28-21-19-25(3)20-22-28)31(38)35-26(4)16-9-2)32(39)29(24-27-17-13-12-14-18-27)36-33(40)41-34(5,6)7/h12-14,17-22,26,29-30H,8-11,15-16,23-24H2,1-7H3,(H,35,38)(H,36,40). The van der Waals surface area contributed by atoms with Gasteiger partial charge in [0.05, 0.1) is 0 Å². The Kier molecular flexibility index (Phi) is 13.9. The van der Waals surface area contributed by atoms with Gasteiger partial charge in [0.2, 0.25) is 11.8 Å². The van der Waals surface area contributed by atoms with Crippen molar-refractivity contribution in [3.8, 4) is 0 Å². The maximum absolute atomic E-state index is 14.5. The second kappa shape index (κ2) is 16.8. The first-order valence-electron chi connectivity index (χ1n) is 15.2. The molecule has 2 rings (SSSR count). The molecule has 0 saturated carbocycles. The topological polar surface area (TPSA) is 87.7 Å². The van der Waals surface area contributed by atoms with E-state index in [0.29, 0.717) is 6.54 Å². The molecule has 0 fully saturated rings. The Morgan fingerprint density at radius 3 is 2.12 bits per heavy atom. The first-order valence-corrected chi connectivity index (χ1v) is 15.2. The lowest BCUT2D eigenvalue weighted by molar-refractivity contribution is -0.142. The second-order valence-corrected chi connectivity index (χ2v) is 12.0. The van der Waals surface area contributed by atoms with Crippen LogP contribution in [0.15, 0.2) is 54.6 Å². The molecule has 0 aliphatic rings. The van der Waals surface area contributed by atoms with Crippen molar-refractivity contribution in [2.24, 2.45) is 0 Å². The van der Waals surface area contributed by atoms with Gasteiger partial charge in [-0.25, -0.2) is 4.79 Å². The Labute approximate surface area is 247 Å².